The number of hydrogen-bond donors (Lipinski definition) is 1. The van der Waals surface area contributed by atoms with E-state index in [1.54, 1.807) is 18.2 Å². The van der Waals surface area contributed by atoms with Gasteiger partial charge in [-0.1, -0.05) is 36.4 Å². The van der Waals surface area contributed by atoms with Crippen LogP contribution >= 0.6 is 12.4 Å². The van der Waals surface area contributed by atoms with Crippen molar-refractivity contribution >= 4 is 23.2 Å². The Morgan fingerprint density at radius 2 is 1.75 bits per heavy atom. The summed E-state index contributed by atoms with van der Waals surface area (Å²) in [4.78, 5) is 2.11. The van der Waals surface area contributed by atoms with E-state index in [0.717, 1.165) is 22.9 Å². The van der Waals surface area contributed by atoms with E-state index in [1.165, 1.54) is 6.07 Å². The maximum atomic E-state index is 14.0. The molecule has 1 atom stereocenters. The maximum absolute atomic E-state index is 14.0. The SMILES string of the molecule is CN(C)C(Cc1ccc2cccc(F)c2c1)c1cccc(O)c1.Cl. The first-order valence-electron chi connectivity index (χ1n) is 7.67. The van der Waals surface area contributed by atoms with Gasteiger partial charge < -0.3 is 10.0 Å². The van der Waals surface area contributed by atoms with Crippen LogP contribution in [0, 0.1) is 5.82 Å². The number of nitrogens with zero attached hydrogens (tertiary/aromatic N) is 1. The highest BCUT2D eigenvalue weighted by atomic mass is 35.5. The third-order valence-corrected chi connectivity index (χ3v) is 4.20. The minimum Gasteiger partial charge on any atom is -0.508 e. The topological polar surface area (TPSA) is 23.5 Å². The molecule has 0 aromatic heterocycles. The number of phenols is 1. The summed E-state index contributed by atoms with van der Waals surface area (Å²) in [7, 11) is 4.02. The van der Waals surface area contributed by atoms with Gasteiger partial charge in [0.2, 0.25) is 0 Å². The first kappa shape index (κ1) is 18.2. The molecule has 1 unspecified atom stereocenters. The molecule has 4 heteroatoms. The average molecular weight is 346 g/mol. The number of halogens is 2. The van der Waals surface area contributed by atoms with Crippen molar-refractivity contribution in [2.24, 2.45) is 0 Å². The van der Waals surface area contributed by atoms with Crippen LogP contribution in [0.2, 0.25) is 0 Å². The second-order valence-corrected chi connectivity index (χ2v) is 6.07. The lowest BCUT2D eigenvalue weighted by Gasteiger charge is -2.25. The van der Waals surface area contributed by atoms with Gasteiger partial charge in [-0.15, -0.1) is 12.4 Å². The monoisotopic (exact) mass is 345 g/mol. The van der Waals surface area contributed by atoms with Gasteiger partial charge >= 0.3 is 0 Å². The van der Waals surface area contributed by atoms with E-state index in [2.05, 4.69) is 4.90 Å². The van der Waals surface area contributed by atoms with Crippen LogP contribution < -0.4 is 0 Å². The maximum Gasteiger partial charge on any atom is 0.131 e. The zero-order valence-corrected chi connectivity index (χ0v) is 14.6. The van der Waals surface area contributed by atoms with Crippen molar-refractivity contribution < 1.29 is 9.50 Å². The van der Waals surface area contributed by atoms with Crippen LogP contribution in [0.5, 0.6) is 5.75 Å². The van der Waals surface area contributed by atoms with Crippen molar-refractivity contribution in [3.63, 3.8) is 0 Å². The van der Waals surface area contributed by atoms with Gasteiger partial charge in [0.1, 0.15) is 11.6 Å². The van der Waals surface area contributed by atoms with Crippen molar-refractivity contribution in [1.82, 2.24) is 4.90 Å². The fraction of sp³-hybridized carbons (Fsp3) is 0.200. The van der Waals surface area contributed by atoms with E-state index in [4.69, 9.17) is 0 Å². The third kappa shape index (κ3) is 3.86. The zero-order chi connectivity index (χ0) is 16.4. The van der Waals surface area contributed by atoms with Gasteiger partial charge in [0, 0.05) is 11.4 Å². The molecule has 2 nitrogen and oxygen atoms in total. The van der Waals surface area contributed by atoms with E-state index >= 15 is 0 Å². The normalized spacial score (nSPS) is 12.2. The van der Waals surface area contributed by atoms with Gasteiger partial charge in [0.05, 0.1) is 0 Å². The Bertz CT molecular complexity index is 835. The highest BCUT2D eigenvalue weighted by Crippen LogP contribution is 2.27. The lowest BCUT2D eigenvalue weighted by atomic mass is 9.96. The van der Waals surface area contributed by atoms with Gasteiger partial charge in [0.25, 0.3) is 0 Å². The number of fused-ring (bicyclic) bond motifs is 1. The molecule has 0 aliphatic rings. The quantitative estimate of drug-likeness (QED) is 0.723. The molecule has 0 fully saturated rings. The summed E-state index contributed by atoms with van der Waals surface area (Å²) in [6, 6.07) is 18.5. The Kier molecular flexibility index (Phi) is 5.81. The van der Waals surface area contributed by atoms with E-state index in [9.17, 15) is 9.50 Å². The van der Waals surface area contributed by atoms with Gasteiger partial charge in [-0.2, -0.15) is 0 Å². The minimum absolute atomic E-state index is 0. The lowest BCUT2D eigenvalue weighted by Crippen LogP contribution is -2.22. The van der Waals surface area contributed by atoms with Crippen molar-refractivity contribution in [3.8, 4) is 5.75 Å². The fourth-order valence-corrected chi connectivity index (χ4v) is 2.96. The first-order chi connectivity index (χ1) is 11.0. The second kappa shape index (κ2) is 7.65. The highest BCUT2D eigenvalue weighted by Gasteiger charge is 2.16. The molecule has 0 heterocycles. The molecule has 0 aliphatic heterocycles. The van der Waals surface area contributed by atoms with Crippen LogP contribution in [0.25, 0.3) is 10.8 Å². The standard InChI is InChI=1S/C20H20FNO.ClH/c1-22(2)20(16-6-3-7-17(23)13-16)12-14-9-10-15-5-4-8-19(21)18(15)11-14;/h3-11,13,20,23H,12H2,1-2H3;1H. The van der Waals surface area contributed by atoms with Gasteiger partial charge in [-0.05, 0) is 61.3 Å². The Morgan fingerprint density at radius 3 is 2.46 bits per heavy atom. The summed E-state index contributed by atoms with van der Waals surface area (Å²) >= 11 is 0. The van der Waals surface area contributed by atoms with E-state index in [-0.39, 0.29) is 30.0 Å². The van der Waals surface area contributed by atoms with Crippen LogP contribution in [0.3, 0.4) is 0 Å². The first-order valence-corrected chi connectivity index (χ1v) is 7.67. The summed E-state index contributed by atoms with van der Waals surface area (Å²) in [5.41, 5.74) is 2.12. The van der Waals surface area contributed by atoms with Crippen LogP contribution in [-0.4, -0.2) is 24.1 Å². The molecule has 126 valence electrons. The highest BCUT2D eigenvalue weighted by molar-refractivity contribution is 5.85. The molecule has 0 bridgehead atoms. The third-order valence-electron chi connectivity index (χ3n) is 4.20. The number of hydrogen-bond acceptors (Lipinski definition) is 2. The van der Waals surface area contributed by atoms with Gasteiger partial charge in [0.15, 0.2) is 0 Å². The number of aromatic hydroxyl groups is 1. The van der Waals surface area contributed by atoms with E-state index in [0.29, 0.717) is 5.39 Å². The molecule has 0 radical (unpaired) electrons. The van der Waals surface area contributed by atoms with Crippen molar-refractivity contribution in [3.05, 3.63) is 77.6 Å². The Balaban J connectivity index is 0.00000208. The van der Waals surface area contributed by atoms with Crippen molar-refractivity contribution in [2.45, 2.75) is 12.5 Å². The minimum atomic E-state index is -0.192. The number of phenolic OH excluding ortho intramolecular Hbond substituents is 1. The zero-order valence-electron chi connectivity index (χ0n) is 13.7. The largest absolute Gasteiger partial charge is 0.508 e. The van der Waals surface area contributed by atoms with Gasteiger partial charge in [-0.25, -0.2) is 4.39 Å². The van der Waals surface area contributed by atoms with Crippen LogP contribution in [0.15, 0.2) is 60.7 Å². The average Bonchev–Trinajstić information content (AvgIpc) is 2.53. The number of benzene rings is 3. The molecule has 0 saturated carbocycles. The van der Waals surface area contributed by atoms with Crippen LogP contribution in [0.4, 0.5) is 4.39 Å². The van der Waals surface area contributed by atoms with Gasteiger partial charge in [-0.3, -0.25) is 0 Å². The summed E-state index contributed by atoms with van der Waals surface area (Å²) in [6.07, 6.45) is 0.751. The van der Waals surface area contributed by atoms with Crippen LogP contribution in [0.1, 0.15) is 17.2 Å². The summed E-state index contributed by atoms with van der Waals surface area (Å²) in [6.45, 7) is 0. The molecule has 3 aromatic rings. The molecule has 0 saturated heterocycles. The summed E-state index contributed by atoms with van der Waals surface area (Å²) in [5, 5.41) is 11.3. The van der Waals surface area contributed by atoms with E-state index < -0.39 is 0 Å². The van der Waals surface area contributed by atoms with Crippen molar-refractivity contribution in [1.29, 1.82) is 0 Å². The number of rotatable bonds is 4. The Morgan fingerprint density at radius 1 is 1.00 bits per heavy atom. The molecular formula is C20H21ClFNO. The van der Waals surface area contributed by atoms with E-state index in [1.807, 2.05) is 50.5 Å². The fourth-order valence-electron chi connectivity index (χ4n) is 2.96. The van der Waals surface area contributed by atoms with Crippen LogP contribution in [-0.2, 0) is 6.42 Å². The van der Waals surface area contributed by atoms with Crippen molar-refractivity contribution in [2.75, 3.05) is 14.1 Å². The predicted molar refractivity (Wildman–Crippen MR) is 99.4 cm³/mol. The second-order valence-electron chi connectivity index (χ2n) is 6.07. The molecule has 24 heavy (non-hydrogen) atoms. The summed E-state index contributed by atoms with van der Waals surface area (Å²) < 4.78 is 14.0. The molecule has 0 spiro atoms. The summed E-state index contributed by atoms with van der Waals surface area (Å²) in [5.74, 6) is 0.0713. The molecule has 3 rings (SSSR count). The number of likely N-dealkylation sites (N-methyl/N-ethyl adjacent to an activating group) is 1. The molecule has 0 amide bonds. The molecule has 1 N–H and O–H groups in total. The predicted octanol–water partition coefficient (Wildman–Crippen LogP) is 4.95. The Hall–Kier alpha value is -2.10. The lowest BCUT2D eigenvalue weighted by molar-refractivity contribution is 0.297. The smallest absolute Gasteiger partial charge is 0.131 e. The Labute approximate surface area is 148 Å². The molecule has 3 aromatic carbocycles. The molecular weight excluding hydrogens is 325 g/mol. The molecule has 0 aliphatic carbocycles.